The molecule has 2 N–H and O–H groups in total. The zero-order valence-electron chi connectivity index (χ0n) is 28.3. The number of carbonyl (C=O) groups excluding carboxylic acids is 2. The lowest BCUT2D eigenvalue weighted by Crippen LogP contribution is -2.45. The van der Waals surface area contributed by atoms with E-state index >= 15 is 0 Å². The van der Waals surface area contributed by atoms with Crippen LogP contribution in [0.1, 0.15) is 64.3 Å². The summed E-state index contributed by atoms with van der Waals surface area (Å²) in [5.41, 5.74) is 3.46. The molecule has 1 aliphatic rings. The number of urea groups is 1. The molecule has 0 radical (unpaired) electrons. The van der Waals surface area contributed by atoms with E-state index in [9.17, 15) is 9.59 Å². The maximum absolute atomic E-state index is 13.2. The van der Waals surface area contributed by atoms with E-state index in [1.807, 2.05) is 80.3 Å². The van der Waals surface area contributed by atoms with Gasteiger partial charge in [-0.15, -0.1) is 0 Å². The number of para-hydroxylation sites is 1. The van der Waals surface area contributed by atoms with Crippen LogP contribution in [0.15, 0.2) is 66.9 Å². The lowest BCUT2D eigenvalue weighted by atomic mass is 9.92. The summed E-state index contributed by atoms with van der Waals surface area (Å²) in [6.07, 6.45) is 3.43. The van der Waals surface area contributed by atoms with Crippen LogP contribution in [0.25, 0.3) is 5.69 Å². The fourth-order valence-electron chi connectivity index (χ4n) is 5.61. The quantitative estimate of drug-likeness (QED) is 0.205. The predicted molar refractivity (Wildman–Crippen MR) is 184 cm³/mol. The number of hydrogen-bond acceptors (Lipinski definition) is 7. The number of nitrogens with one attached hydrogen (secondary N) is 2. The second kappa shape index (κ2) is 14.7. The van der Waals surface area contributed by atoms with Crippen molar-refractivity contribution in [2.24, 2.45) is 5.92 Å². The summed E-state index contributed by atoms with van der Waals surface area (Å²) < 4.78 is 7.98. The summed E-state index contributed by atoms with van der Waals surface area (Å²) in [5, 5.41) is 10.7. The predicted octanol–water partition coefficient (Wildman–Crippen LogP) is 6.47. The van der Waals surface area contributed by atoms with Crippen molar-refractivity contribution < 1.29 is 14.3 Å². The van der Waals surface area contributed by atoms with Crippen LogP contribution in [-0.2, 0) is 16.8 Å². The monoisotopic (exact) mass is 638 g/mol. The Bertz CT molecular complexity index is 1670. The average Bonchev–Trinajstić information content (AvgIpc) is 3.50. The van der Waals surface area contributed by atoms with Gasteiger partial charge in [0.2, 0.25) is 17.7 Å². The highest BCUT2D eigenvalue weighted by molar-refractivity contribution is 5.88. The van der Waals surface area contributed by atoms with Crippen molar-refractivity contribution in [2.45, 2.75) is 66.3 Å². The molecule has 0 aliphatic carbocycles. The summed E-state index contributed by atoms with van der Waals surface area (Å²) in [7, 11) is 0. The minimum absolute atomic E-state index is 0.0784. The van der Waals surface area contributed by atoms with Gasteiger partial charge in [-0.3, -0.25) is 10.1 Å². The molecule has 11 nitrogen and oxygen atoms in total. The number of carbonyl (C=O) groups is 2. The van der Waals surface area contributed by atoms with Gasteiger partial charge in [0.25, 0.3) is 0 Å². The summed E-state index contributed by atoms with van der Waals surface area (Å²) in [6, 6.07) is 18.8. The van der Waals surface area contributed by atoms with Gasteiger partial charge in [0.05, 0.1) is 17.3 Å². The Kier molecular flexibility index (Phi) is 10.4. The molecule has 1 saturated heterocycles. The number of benzene rings is 2. The molecular formula is C36H46N8O3. The third-order valence-electron chi connectivity index (χ3n) is 8.37. The van der Waals surface area contributed by atoms with Crippen molar-refractivity contribution in [3.05, 3.63) is 83.7 Å². The number of anilines is 2. The maximum atomic E-state index is 13.2. The second-order valence-corrected chi connectivity index (χ2v) is 12.9. The van der Waals surface area contributed by atoms with Crippen LogP contribution in [-0.4, -0.2) is 62.8 Å². The van der Waals surface area contributed by atoms with Crippen LogP contribution in [0, 0.1) is 12.8 Å². The molecule has 1 atom stereocenters. The molecule has 1 unspecified atom stereocenters. The van der Waals surface area contributed by atoms with Gasteiger partial charge in [-0.2, -0.15) is 10.1 Å². The molecule has 11 heteroatoms. The number of piperidine rings is 1. The molecule has 47 heavy (non-hydrogen) atoms. The van der Waals surface area contributed by atoms with E-state index in [1.165, 1.54) is 0 Å². The first-order valence-electron chi connectivity index (χ1n) is 16.4. The first-order valence-corrected chi connectivity index (χ1v) is 16.4. The molecule has 5 rings (SSSR count). The van der Waals surface area contributed by atoms with Crippen molar-refractivity contribution in [1.82, 2.24) is 30.0 Å². The first kappa shape index (κ1) is 33.4. The lowest BCUT2D eigenvalue weighted by Gasteiger charge is -2.34. The zero-order chi connectivity index (χ0) is 33.6. The van der Waals surface area contributed by atoms with Crippen LogP contribution in [0.4, 0.5) is 16.6 Å². The van der Waals surface area contributed by atoms with Gasteiger partial charge in [-0.05, 0) is 51.8 Å². The maximum Gasteiger partial charge on any atom is 0.320 e. The van der Waals surface area contributed by atoms with Crippen molar-refractivity contribution in [3.8, 4) is 17.3 Å². The van der Waals surface area contributed by atoms with Crippen molar-refractivity contribution in [2.75, 3.05) is 36.4 Å². The molecule has 4 aromatic rings. The van der Waals surface area contributed by atoms with Crippen LogP contribution < -0.4 is 20.3 Å². The molecule has 0 bridgehead atoms. The summed E-state index contributed by atoms with van der Waals surface area (Å²) in [5.74, 6) is 2.19. The minimum Gasteiger partial charge on any atom is -0.439 e. The van der Waals surface area contributed by atoms with E-state index in [2.05, 4.69) is 46.3 Å². The Morgan fingerprint density at radius 1 is 1.04 bits per heavy atom. The molecule has 3 heterocycles. The Balaban J connectivity index is 1.25. The molecule has 0 saturated carbocycles. The third-order valence-corrected chi connectivity index (χ3v) is 8.37. The minimum atomic E-state index is -0.364. The number of hydrogen-bond donors (Lipinski definition) is 2. The topological polar surface area (TPSA) is 118 Å². The molecular weight excluding hydrogens is 592 g/mol. The number of ether oxygens (including phenoxy) is 1. The van der Waals surface area contributed by atoms with E-state index in [0.29, 0.717) is 43.0 Å². The Hall–Kier alpha value is -4.93. The van der Waals surface area contributed by atoms with Crippen molar-refractivity contribution in [1.29, 1.82) is 0 Å². The fraction of sp³-hybridized carbons (Fsp3) is 0.417. The van der Waals surface area contributed by atoms with Crippen LogP contribution in [0.3, 0.4) is 0 Å². The van der Waals surface area contributed by atoms with Crippen LogP contribution >= 0.6 is 0 Å². The summed E-state index contributed by atoms with van der Waals surface area (Å²) in [6.45, 7) is 15.3. The summed E-state index contributed by atoms with van der Waals surface area (Å²) >= 11 is 0. The van der Waals surface area contributed by atoms with Crippen molar-refractivity contribution in [3.63, 3.8) is 0 Å². The highest BCUT2D eigenvalue weighted by Gasteiger charge is 2.29. The Morgan fingerprint density at radius 2 is 1.79 bits per heavy atom. The average molecular weight is 639 g/mol. The number of nitrogens with zero attached hydrogens (tertiary/aromatic N) is 6. The second-order valence-electron chi connectivity index (χ2n) is 12.9. The molecule has 248 valence electrons. The largest absolute Gasteiger partial charge is 0.439 e. The van der Waals surface area contributed by atoms with Crippen LogP contribution in [0.5, 0.6) is 11.6 Å². The number of aromatic nitrogens is 4. The molecule has 1 fully saturated rings. The van der Waals surface area contributed by atoms with Crippen LogP contribution in [0.2, 0.25) is 0 Å². The number of amides is 3. The van der Waals surface area contributed by atoms with E-state index in [-0.39, 0.29) is 29.8 Å². The van der Waals surface area contributed by atoms with E-state index < -0.39 is 0 Å². The normalized spacial score (nSPS) is 14.9. The Morgan fingerprint density at radius 3 is 2.51 bits per heavy atom. The fourth-order valence-corrected chi connectivity index (χ4v) is 5.61. The number of rotatable bonds is 10. The highest BCUT2D eigenvalue weighted by atomic mass is 16.5. The lowest BCUT2D eigenvalue weighted by molar-refractivity contribution is -0.135. The van der Waals surface area contributed by atoms with Gasteiger partial charge < -0.3 is 19.9 Å². The smallest absolute Gasteiger partial charge is 0.320 e. The molecule has 1 aliphatic heterocycles. The zero-order valence-corrected chi connectivity index (χ0v) is 28.3. The first-order chi connectivity index (χ1) is 22.5. The van der Waals surface area contributed by atoms with Gasteiger partial charge in [0, 0.05) is 62.0 Å². The van der Waals surface area contributed by atoms with Gasteiger partial charge in [-0.1, -0.05) is 56.7 Å². The van der Waals surface area contributed by atoms with Crippen molar-refractivity contribution >= 4 is 23.7 Å². The molecule has 0 spiro atoms. The van der Waals surface area contributed by atoms with Gasteiger partial charge >= 0.3 is 6.03 Å². The molecule has 2 aromatic heterocycles. The molecule has 2 aromatic carbocycles. The van der Waals surface area contributed by atoms with E-state index in [1.54, 1.807) is 16.9 Å². The summed E-state index contributed by atoms with van der Waals surface area (Å²) in [4.78, 5) is 39.3. The number of aryl methyl sites for hydroxylation is 1. The standard InChI is InChI=1S/C36H46N8O3/c1-7-42(8-2)33(45)27-13-11-21-43(24-27)34-37-20-19-32(40-34)47-29-14-10-9-12-26(29)23-38-35(46)39-31-22-30(36(4,5)6)41-44(31)28-17-15-25(3)16-18-28/h9-10,12,14-20,22,27H,7-8,11,13,21,23-24H2,1-6H3,(H2,38,39,46). The molecule has 3 amide bonds. The highest BCUT2D eigenvalue weighted by Crippen LogP contribution is 2.28. The Labute approximate surface area is 277 Å². The van der Waals surface area contributed by atoms with Gasteiger partial charge in [0.15, 0.2) is 0 Å². The van der Waals surface area contributed by atoms with E-state index in [4.69, 9.17) is 9.84 Å². The van der Waals surface area contributed by atoms with Gasteiger partial charge in [-0.25, -0.2) is 14.5 Å². The van der Waals surface area contributed by atoms with Gasteiger partial charge in [0.1, 0.15) is 11.6 Å². The third kappa shape index (κ3) is 8.27. The SMILES string of the molecule is CCN(CC)C(=O)C1CCCN(c2nccc(Oc3ccccc3CNC(=O)Nc3cc(C(C)(C)C)nn3-c3ccc(C)cc3)n2)C1. The van der Waals surface area contributed by atoms with E-state index in [0.717, 1.165) is 41.9 Å².